The summed E-state index contributed by atoms with van der Waals surface area (Å²) in [5.74, 6) is -1.73. The molecular formula is C28H30N2O7. The van der Waals surface area contributed by atoms with Crippen molar-refractivity contribution >= 4 is 17.8 Å². The van der Waals surface area contributed by atoms with Crippen molar-refractivity contribution < 1.29 is 33.3 Å². The Hall–Kier alpha value is -3.85. The molecule has 0 aromatic heterocycles. The lowest BCUT2D eigenvalue weighted by molar-refractivity contribution is -0.153. The molecule has 37 heavy (non-hydrogen) atoms. The van der Waals surface area contributed by atoms with E-state index in [2.05, 4.69) is 5.32 Å². The highest BCUT2D eigenvalue weighted by molar-refractivity contribution is 5.99. The predicted molar refractivity (Wildman–Crippen MR) is 133 cm³/mol. The number of nitrogens with zero attached hydrogens (tertiary/aromatic N) is 1. The maximum absolute atomic E-state index is 14.0. The normalized spacial score (nSPS) is 27.2. The zero-order valence-electron chi connectivity index (χ0n) is 21.0. The number of hydrogen-bond acceptors (Lipinski definition) is 7. The molecule has 2 aromatic carbocycles. The molecule has 2 bridgehead atoms. The van der Waals surface area contributed by atoms with Crippen molar-refractivity contribution in [2.45, 2.75) is 37.8 Å². The molecule has 5 unspecified atom stereocenters. The molecule has 2 aromatic rings. The first-order chi connectivity index (χ1) is 17.9. The van der Waals surface area contributed by atoms with Crippen LogP contribution in [-0.2, 0) is 36.9 Å². The van der Waals surface area contributed by atoms with E-state index >= 15 is 0 Å². The number of benzene rings is 2. The van der Waals surface area contributed by atoms with Crippen molar-refractivity contribution in [3.8, 4) is 11.5 Å². The predicted octanol–water partition coefficient (Wildman–Crippen LogP) is 2.23. The maximum Gasteiger partial charge on any atom is 0.312 e. The topological polar surface area (TPSA) is 103 Å². The molecule has 3 aliphatic heterocycles. The molecule has 5 atom stereocenters. The summed E-state index contributed by atoms with van der Waals surface area (Å²) in [5, 5.41) is 2.97. The first-order valence-corrected chi connectivity index (χ1v) is 12.3. The molecule has 2 saturated heterocycles. The molecule has 0 saturated carbocycles. The van der Waals surface area contributed by atoms with Crippen molar-refractivity contribution in [1.29, 1.82) is 0 Å². The first-order valence-electron chi connectivity index (χ1n) is 12.3. The second-order valence-corrected chi connectivity index (χ2v) is 9.34. The number of likely N-dealkylation sites (tertiary alicyclic amines) is 1. The Labute approximate surface area is 215 Å². The van der Waals surface area contributed by atoms with Gasteiger partial charge in [-0.25, -0.2) is 0 Å². The largest absolute Gasteiger partial charge is 0.497 e. The minimum atomic E-state index is -1.26. The molecule has 3 aliphatic rings. The zero-order chi connectivity index (χ0) is 26.2. The lowest BCUT2D eigenvalue weighted by Crippen LogP contribution is -2.54. The lowest BCUT2D eigenvalue weighted by Gasteiger charge is -2.32. The van der Waals surface area contributed by atoms with Gasteiger partial charge in [0.25, 0.3) is 0 Å². The van der Waals surface area contributed by atoms with Crippen molar-refractivity contribution in [3.05, 3.63) is 71.8 Å². The number of carbonyl (C=O) groups excluding carboxylic acids is 3. The Morgan fingerprint density at radius 1 is 1.05 bits per heavy atom. The van der Waals surface area contributed by atoms with Crippen LogP contribution in [-0.4, -0.2) is 61.3 Å². The summed E-state index contributed by atoms with van der Waals surface area (Å²) in [7, 11) is 3.09. The number of hydrogen-bond donors (Lipinski definition) is 1. The first kappa shape index (κ1) is 24.8. The van der Waals surface area contributed by atoms with E-state index in [0.29, 0.717) is 23.6 Å². The molecule has 5 rings (SSSR count). The van der Waals surface area contributed by atoms with Gasteiger partial charge >= 0.3 is 5.97 Å². The van der Waals surface area contributed by atoms with E-state index in [1.807, 2.05) is 30.3 Å². The van der Waals surface area contributed by atoms with Crippen LogP contribution in [0, 0.1) is 11.8 Å². The van der Waals surface area contributed by atoms with Gasteiger partial charge in [-0.3, -0.25) is 14.4 Å². The third-order valence-corrected chi connectivity index (χ3v) is 7.25. The standard InChI is InChI=1S/C28H30N2O7/c1-4-36-27(33)22-21-10-11-28(37-21)23(22)26(32)30(16-18-12-19(34-2)14-20(13-18)35-3)24(28)25(31)29-15-17-8-6-5-7-9-17/h5-14,21-24H,4,15-16H2,1-3H3,(H,29,31). The van der Waals surface area contributed by atoms with Crippen LogP contribution < -0.4 is 14.8 Å². The highest BCUT2D eigenvalue weighted by Crippen LogP contribution is 2.55. The second kappa shape index (κ2) is 9.89. The Balaban J connectivity index is 1.50. The maximum atomic E-state index is 14.0. The number of nitrogens with one attached hydrogen (secondary N) is 1. The van der Waals surface area contributed by atoms with Gasteiger partial charge in [-0.1, -0.05) is 42.5 Å². The van der Waals surface area contributed by atoms with E-state index in [4.69, 9.17) is 18.9 Å². The minimum Gasteiger partial charge on any atom is -0.497 e. The Bertz CT molecular complexity index is 1210. The zero-order valence-corrected chi connectivity index (χ0v) is 21.0. The summed E-state index contributed by atoms with van der Waals surface area (Å²) in [6.07, 6.45) is 2.92. The smallest absolute Gasteiger partial charge is 0.312 e. The average Bonchev–Trinajstić information content (AvgIpc) is 3.55. The van der Waals surface area contributed by atoms with Crippen LogP contribution >= 0.6 is 0 Å². The molecule has 9 nitrogen and oxygen atoms in total. The van der Waals surface area contributed by atoms with Crippen LogP contribution in [0.3, 0.4) is 0 Å². The van der Waals surface area contributed by atoms with Crippen LogP contribution in [0.5, 0.6) is 11.5 Å². The number of ether oxygens (including phenoxy) is 4. The molecule has 2 amide bonds. The van der Waals surface area contributed by atoms with Gasteiger partial charge in [0.2, 0.25) is 11.8 Å². The number of fused-ring (bicyclic) bond motifs is 1. The minimum absolute atomic E-state index is 0.103. The summed E-state index contributed by atoms with van der Waals surface area (Å²) in [6.45, 7) is 2.30. The number of methoxy groups -OCH3 is 2. The number of rotatable bonds is 9. The molecule has 3 heterocycles. The fourth-order valence-electron chi connectivity index (χ4n) is 5.68. The van der Waals surface area contributed by atoms with Gasteiger partial charge in [0, 0.05) is 19.2 Å². The van der Waals surface area contributed by atoms with Gasteiger partial charge in [0.1, 0.15) is 29.1 Å². The molecule has 0 aliphatic carbocycles. The molecule has 1 N–H and O–H groups in total. The van der Waals surface area contributed by atoms with E-state index < -0.39 is 35.6 Å². The van der Waals surface area contributed by atoms with Gasteiger partial charge in [0.05, 0.1) is 32.8 Å². The van der Waals surface area contributed by atoms with Crippen LogP contribution in [0.4, 0.5) is 0 Å². The summed E-state index contributed by atoms with van der Waals surface area (Å²) >= 11 is 0. The van der Waals surface area contributed by atoms with Gasteiger partial charge in [-0.05, 0) is 30.2 Å². The highest BCUT2D eigenvalue weighted by Gasteiger charge is 2.73. The van der Waals surface area contributed by atoms with E-state index in [0.717, 1.165) is 5.56 Å². The van der Waals surface area contributed by atoms with E-state index in [-0.39, 0.29) is 25.0 Å². The third kappa shape index (κ3) is 4.23. The molecule has 9 heteroatoms. The Morgan fingerprint density at radius 3 is 2.41 bits per heavy atom. The number of esters is 1. The molecule has 0 radical (unpaired) electrons. The summed E-state index contributed by atoms with van der Waals surface area (Å²) in [6, 6.07) is 13.8. The van der Waals surface area contributed by atoms with Crippen LogP contribution in [0.15, 0.2) is 60.7 Å². The summed E-state index contributed by atoms with van der Waals surface area (Å²) in [5.41, 5.74) is 0.381. The van der Waals surface area contributed by atoms with Crippen LogP contribution in [0.1, 0.15) is 18.1 Å². The monoisotopic (exact) mass is 506 g/mol. The number of carbonyl (C=O) groups is 3. The van der Waals surface area contributed by atoms with Crippen LogP contribution in [0.2, 0.25) is 0 Å². The van der Waals surface area contributed by atoms with Gasteiger partial charge in [-0.2, -0.15) is 0 Å². The van der Waals surface area contributed by atoms with E-state index in [1.165, 1.54) is 4.90 Å². The second-order valence-electron chi connectivity index (χ2n) is 9.34. The SMILES string of the molecule is CCOC(=O)C1C2C=CC3(O2)C1C(=O)N(Cc1cc(OC)cc(OC)c1)C3C(=O)NCc1ccccc1. The molecule has 194 valence electrons. The summed E-state index contributed by atoms with van der Waals surface area (Å²) in [4.78, 5) is 42.1. The van der Waals surface area contributed by atoms with Crippen LogP contribution in [0.25, 0.3) is 0 Å². The Kier molecular flexibility index (Phi) is 6.64. The van der Waals surface area contributed by atoms with Crippen molar-refractivity contribution in [2.24, 2.45) is 11.8 Å². The third-order valence-electron chi connectivity index (χ3n) is 7.25. The van der Waals surface area contributed by atoms with Crippen molar-refractivity contribution in [1.82, 2.24) is 10.2 Å². The average molecular weight is 507 g/mol. The summed E-state index contributed by atoms with van der Waals surface area (Å²) < 4.78 is 22.4. The van der Waals surface area contributed by atoms with Gasteiger partial charge in [-0.15, -0.1) is 0 Å². The lowest BCUT2D eigenvalue weighted by atomic mass is 9.74. The molecule has 1 spiro atoms. The fraction of sp³-hybridized carbons (Fsp3) is 0.393. The highest BCUT2D eigenvalue weighted by atomic mass is 16.6. The van der Waals surface area contributed by atoms with Crippen molar-refractivity contribution in [2.75, 3.05) is 20.8 Å². The number of amides is 2. The van der Waals surface area contributed by atoms with E-state index in [1.54, 1.807) is 51.5 Å². The van der Waals surface area contributed by atoms with Gasteiger partial charge < -0.3 is 29.2 Å². The quantitative estimate of drug-likeness (QED) is 0.411. The van der Waals surface area contributed by atoms with E-state index in [9.17, 15) is 14.4 Å². The fourth-order valence-corrected chi connectivity index (χ4v) is 5.68. The van der Waals surface area contributed by atoms with Gasteiger partial charge in [0.15, 0.2) is 0 Å². The van der Waals surface area contributed by atoms with Crippen molar-refractivity contribution in [3.63, 3.8) is 0 Å². The molecular weight excluding hydrogens is 476 g/mol. The molecule has 2 fully saturated rings. The Morgan fingerprint density at radius 2 is 1.76 bits per heavy atom.